The highest BCUT2D eigenvalue weighted by molar-refractivity contribution is 5.92. The average molecular weight is 264 g/mol. The quantitative estimate of drug-likeness (QED) is 0.854. The number of nitrogens with zero attached hydrogens (tertiary/aromatic N) is 2. The van der Waals surface area contributed by atoms with Crippen LogP contribution in [0.15, 0.2) is 12.4 Å². The van der Waals surface area contributed by atoms with Crippen molar-refractivity contribution < 1.29 is 9.53 Å². The Morgan fingerprint density at radius 3 is 2.84 bits per heavy atom. The van der Waals surface area contributed by atoms with Crippen LogP contribution in [0.1, 0.15) is 37.2 Å². The molecule has 0 aromatic carbocycles. The van der Waals surface area contributed by atoms with E-state index < -0.39 is 0 Å². The Balaban J connectivity index is 2.04. The molecule has 0 bridgehead atoms. The minimum atomic E-state index is -0.217. The molecule has 0 atom stereocenters. The van der Waals surface area contributed by atoms with Gasteiger partial charge in [0.1, 0.15) is 11.5 Å². The van der Waals surface area contributed by atoms with Crippen molar-refractivity contribution in [3.63, 3.8) is 0 Å². The molecule has 6 nitrogen and oxygen atoms in total. The highest BCUT2D eigenvalue weighted by Gasteiger charge is 2.29. The van der Waals surface area contributed by atoms with E-state index in [4.69, 9.17) is 4.74 Å². The third-order valence-corrected chi connectivity index (χ3v) is 3.24. The van der Waals surface area contributed by atoms with Gasteiger partial charge in [-0.25, -0.2) is 4.98 Å². The fraction of sp³-hybridized carbons (Fsp3) is 0.615. The van der Waals surface area contributed by atoms with Gasteiger partial charge in [-0.2, -0.15) is 0 Å². The number of hydrogen-bond acceptors (Lipinski definition) is 5. The summed E-state index contributed by atoms with van der Waals surface area (Å²) >= 11 is 0. The molecule has 0 radical (unpaired) electrons. The molecular formula is C13H20N4O2. The molecule has 1 fully saturated rings. The molecule has 0 unspecified atom stereocenters. The van der Waals surface area contributed by atoms with Crippen molar-refractivity contribution in [1.29, 1.82) is 0 Å². The van der Waals surface area contributed by atoms with Crippen LogP contribution in [0.2, 0.25) is 0 Å². The number of carbonyl (C=O) groups is 1. The van der Waals surface area contributed by atoms with Crippen molar-refractivity contribution >= 4 is 11.7 Å². The standard InChI is InChI=1S/C13H20N4O2/c1-3-15-11-9-14-8-10(16-11)12(18)17-13(2)4-6-19-7-5-13/h8-9H,3-7H2,1-2H3,(H,15,16)(H,17,18). The molecule has 1 aromatic rings. The van der Waals surface area contributed by atoms with Gasteiger partial charge in [0.2, 0.25) is 0 Å². The average Bonchev–Trinajstić information content (AvgIpc) is 2.40. The van der Waals surface area contributed by atoms with E-state index in [1.54, 1.807) is 6.20 Å². The predicted molar refractivity (Wildman–Crippen MR) is 72.1 cm³/mol. The van der Waals surface area contributed by atoms with Gasteiger partial charge in [0.25, 0.3) is 5.91 Å². The monoisotopic (exact) mass is 264 g/mol. The zero-order valence-corrected chi connectivity index (χ0v) is 11.4. The molecule has 2 heterocycles. The van der Waals surface area contributed by atoms with E-state index in [1.165, 1.54) is 6.20 Å². The lowest BCUT2D eigenvalue weighted by Gasteiger charge is -2.34. The van der Waals surface area contributed by atoms with E-state index in [1.807, 2.05) is 13.8 Å². The molecule has 0 aliphatic carbocycles. The number of ether oxygens (including phenoxy) is 1. The smallest absolute Gasteiger partial charge is 0.271 e. The Labute approximate surface area is 113 Å². The Kier molecular flexibility index (Phi) is 4.31. The first-order valence-corrected chi connectivity index (χ1v) is 6.59. The van der Waals surface area contributed by atoms with Gasteiger partial charge in [-0.1, -0.05) is 0 Å². The zero-order chi connectivity index (χ0) is 13.7. The van der Waals surface area contributed by atoms with Gasteiger partial charge < -0.3 is 15.4 Å². The number of rotatable bonds is 4. The normalized spacial score (nSPS) is 17.8. The number of aromatic nitrogens is 2. The highest BCUT2D eigenvalue weighted by Crippen LogP contribution is 2.20. The summed E-state index contributed by atoms with van der Waals surface area (Å²) in [7, 11) is 0. The first kappa shape index (κ1) is 13.7. The first-order chi connectivity index (χ1) is 9.13. The SMILES string of the molecule is CCNc1cncc(C(=O)NC2(C)CCOCC2)n1. The molecule has 19 heavy (non-hydrogen) atoms. The fourth-order valence-corrected chi connectivity index (χ4v) is 2.03. The molecule has 6 heteroatoms. The topological polar surface area (TPSA) is 76.1 Å². The summed E-state index contributed by atoms with van der Waals surface area (Å²) in [6.07, 6.45) is 4.73. The second-order valence-electron chi connectivity index (χ2n) is 4.95. The Bertz CT molecular complexity index is 444. The minimum absolute atomic E-state index is 0.184. The summed E-state index contributed by atoms with van der Waals surface area (Å²) in [6.45, 7) is 6.11. The second kappa shape index (κ2) is 5.97. The van der Waals surface area contributed by atoms with E-state index in [0.29, 0.717) is 24.7 Å². The number of hydrogen-bond donors (Lipinski definition) is 2. The predicted octanol–water partition coefficient (Wildman–Crippen LogP) is 1.21. The Morgan fingerprint density at radius 1 is 1.42 bits per heavy atom. The maximum atomic E-state index is 12.2. The Hall–Kier alpha value is -1.69. The lowest BCUT2D eigenvalue weighted by Crippen LogP contribution is -2.49. The lowest BCUT2D eigenvalue weighted by atomic mass is 9.92. The van der Waals surface area contributed by atoms with Crippen LogP contribution in [0.3, 0.4) is 0 Å². The summed E-state index contributed by atoms with van der Waals surface area (Å²) in [5.74, 6) is 0.434. The van der Waals surface area contributed by atoms with Gasteiger partial charge in [0.15, 0.2) is 0 Å². The van der Waals surface area contributed by atoms with Gasteiger partial charge in [0.05, 0.1) is 12.4 Å². The second-order valence-corrected chi connectivity index (χ2v) is 4.95. The molecule has 1 saturated heterocycles. The van der Waals surface area contributed by atoms with Crippen molar-refractivity contribution in [1.82, 2.24) is 15.3 Å². The van der Waals surface area contributed by atoms with E-state index >= 15 is 0 Å². The molecule has 1 amide bonds. The maximum absolute atomic E-state index is 12.2. The number of nitrogens with one attached hydrogen (secondary N) is 2. The van der Waals surface area contributed by atoms with E-state index in [9.17, 15) is 4.79 Å². The van der Waals surface area contributed by atoms with E-state index in [-0.39, 0.29) is 11.4 Å². The zero-order valence-electron chi connectivity index (χ0n) is 11.4. The molecule has 2 N–H and O–H groups in total. The number of anilines is 1. The third kappa shape index (κ3) is 3.64. The molecule has 2 rings (SSSR count). The summed E-state index contributed by atoms with van der Waals surface area (Å²) in [4.78, 5) is 20.5. The highest BCUT2D eigenvalue weighted by atomic mass is 16.5. The summed E-state index contributed by atoms with van der Waals surface area (Å²) in [5.41, 5.74) is 0.122. The van der Waals surface area contributed by atoms with Crippen LogP contribution in [0, 0.1) is 0 Å². The molecule has 1 aromatic heterocycles. The molecular weight excluding hydrogens is 244 g/mol. The molecule has 1 aliphatic heterocycles. The van der Waals surface area contributed by atoms with Crippen molar-refractivity contribution in [3.8, 4) is 0 Å². The van der Waals surface area contributed by atoms with Crippen LogP contribution in [-0.4, -0.2) is 41.2 Å². The van der Waals surface area contributed by atoms with Crippen molar-refractivity contribution in [2.24, 2.45) is 0 Å². The van der Waals surface area contributed by atoms with Gasteiger partial charge in [-0.05, 0) is 26.7 Å². The largest absolute Gasteiger partial charge is 0.381 e. The third-order valence-electron chi connectivity index (χ3n) is 3.24. The molecule has 0 spiro atoms. The summed E-state index contributed by atoms with van der Waals surface area (Å²) in [6, 6.07) is 0. The lowest BCUT2D eigenvalue weighted by molar-refractivity contribution is 0.0421. The molecule has 104 valence electrons. The van der Waals surface area contributed by atoms with Gasteiger partial charge in [-0.15, -0.1) is 0 Å². The minimum Gasteiger partial charge on any atom is -0.381 e. The van der Waals surface area contributed by atoms with Crippen molar-refractivity contribution in [3.05, 3.63) is 18.1 Å². The Morgan fingerprint density at radius 2 is 2.16 bits per heavy atom. The first-order valence-electron chi connectivity index (χ1n) is 6.59. The van der Waals surface area contributed by atoms with Gasteiger partial charge >= 0.3 is 0 Å². The van der Waals surface area contributed by atoms with Crippen LogP contribution < -0.4 is 10.6 Å². The molecule has 0 saturated carbocycles. The number of amides is 1. The van der Waals surface area contributed by atoms with Gasteiger partial charge in [0, 0.05) is 25.3 Å². The summed E-state index contributed by atoms with van der Waals surface area (Å²) in [5, 5.41) is 6.07. The van der Waals surface area contributed by atoms with Crippen molar-refractivity contribution in [2.45, 2.75) is 32.2 Å². The number of carbonyl (C=O) groups excluding carboxylic acids is 1. The molecule has 1 aliphatic rings. The van der Waals surface area contributed by atoms with Crippen LogP contribution in [-0.2, 0) is 4.74 Å². The van der Waals surface area contributed by atoms with Crippen LogP contribution in [0.5, 0.6) is 0 Å². The van der Waals surface area contributed by atoms with Crippen LogP contribution in [0.25, 0.3) is 0 Å². The van der Waals surface area contributed by atoms with Gasteiger partial charge in [-0.3, -0.25) is 9.78 Å². The van der Waals surface area contributed by atoms with Crippen LogP contribution in [0.4, 0.5) is 5.82 Å². The van der Waals surface area contributed by atoms with E-state index in [0.717, 1.165) is 19.4 Å². The maximum Gasteiger partial charge on any atom is 0.271 e. The fourth-order valence-electron chi connectivity index (χ4n) is 2.03. The summed E-state index contributed by atoms with van der Waals surface area (Å²) < 4.78 is 5.31. The van der Waals surface area contributed by atoms with Crippen molar-refractivity contribution in [2.75, 3.05) is 25.1 Å². The van der Waals surface area contributed by atoms with Crippen LogP contribution >= 0.6 is 0 Å². The van der Waals surface area contributed by atoms with E-state index in [2.05, 4.69) is 20.6 Å².